The quantitative estimate of drug-likeness (QED) is 0.690. The minimum absolute atomic E-state index is 0.184. The average molecular weight is 281 g/mol. The highest BCUT2D eigenvalue weighted by Gasteiger charge is 2.08. The maximum absolute atomic E-state index is 12.1. The van der Waals surface area contributed by atoms with Crippen LogP contribution in [0, 0.1) is 6.92 Å². The van der Waals surface area contributed by atoms with Gasteiger partial charge in [-0.2, -0.15) is 0 Å². The van der Waals surface area contributed by atoms with Gasteiger partial charge >= 0.3 is 0 Å². The highest BCUT2D eigenvalue weighted by atomic mass is 16.3. The number of aryl methyl sites for hydroxylation is 1. The first kappa shape index (κ1) is 13.2. The van der Waals surface area contributed by atoms with Crippen LogP contribution in [0.15, 0.2) is 42.5 Å². The van der Waals surface area contributed by atoms with Crippen molar-refractivity contribution in [3.8, 4) is 5.75 Å². The molecule has 21 heavy (non-hydrogen) atoms. The molecule has 0 unspecified atom stereocenters. The number of aromatic nitrogens is 2. The number of nitrogens with one attached hydrogen (secondary N) is 2. The topological polar surface area (TPSA) is 78.0 Å². The molecule has 0 bridgehead atoms. The summed E-state index contributed by atoms with van der Waals surface area (Å²) >= 11 is 0. The van der Waals surface area contributed by atoms with Crippen LogP contribution in [0.25, 0.3) is 11.0 Å². The van der Waals surface area contributed by atoms with E-state index in [-0.39, 0.29) is 11.7 Å². The van der Waals surface area contributed by atoms with Crippen molar-refractivity contribution in [3.05, 3.63) is 59.4 Å². The number of rotatable bonds is 3. The molecule has 106 valence electrons. The molecule has 3 N–H and O–H groups in total. The largest absolute Gasteiger partial charge is 0.508 e. The fourth-order valence-electron chi connectivity index (χ4n) is 2.15. The van der Waals surface area contributed by atoms with E-state index in [9.17, 15) is 9.90 Å². The van der Waals surface area contributed by atoms with E-state index in [2.05, 4.69) is 15.3 Å². The van der Waals surface area contributed by atoms with Gasteiger partial charge in [0.25, 0.3) is 5.91 Å². The number of benzene rings is 2. The second kappa shape index (κ2) is 5.28. The smallest absolute Gasteiger partial charge is 0.251 e. The SMILES string of the molecule is Cc1cc(C(=O)NCc2nc3ccccc3[nH]2)ccc1O. The van der Waals surface area contributed by atoms with Crippen LogP contribution in [0.2, 0.25) is 0 Å². The summed E-state index contributed by atoms with van der Waals surface area (Å²) in [5, 5.41) is 12.3. The maximum atomic E-state index is 12.1. The van der Waals surface area contributed by atoms with E-state index in [1.165, 1.54) is 6.07 Å². The number of phenols is 1. The molecular formula is C16H15N3O2. The van der Waals surface area contributed by atoms with Crippen LogP contribution >= 0.6 is 0 Å². The van der Waals surface area contributed by atoms with Gasteiger partial charge in [-0.25, -0.2) is 4.98 Å². The van der Waals surface area contributed by atoms with Crippen molar-refractivity contribution in [2.75, 3.05) is 0 Å². The van der Waals surface area contributed by atoms with Gasteiger partial charge in [0.1, 0.15) is 11.6 Å². The summed E-state index contributed by atoms with van der Waals surface area (Å²) in [7, 11) is 0. The van der Waals surface area contributed by atoms with E-state index >= 15 is 0 Å². The first-order chi connectivity index (χ1) is 10.1. The Hall–Kier alpha value is -2.82. The summed E-state index contributed by atoms with van der Waals surface area (Å²) in [6.45, 7) is 2.08. The van der Waals surface area contributed by atoms with Gasteiger partial charge in [0.2, 0.25) is 0 Å². The third kappa shape index (κ3) is 2.72. The van der Waals surface area contributed by atoms with Crippen molar-refractivity contribution in [1.82, 2.24) is 15.3 Å². The Morgan fingerprint density at radius 1 is 1.29 bits per heavy atom. The number of aromatic amines is 1. The molecule has 3 rings (SSSR count). The lowest BCUT2D eigenvalue weighted by atomic mass is 10.1. The number of fused-ring (bicyclic) bond motifs is 1. The van der Waals surface area contributed by atoms with Gasteiger partial charge in [-0.3, -0.25) is 4.79 Å². The Bertz CT molecular complexity index is 775. The number of para-hydroxylation sites is 2. The van der Waals surface area contributed by atoms with Gasteiger partial charge < -0.3 is 15.4 Å². The summed E-state index contributed by atoms with van der Waals surface area (Å²) in [6.07, 6.45) is 0. The van der Waals surface area contributed by atoms with Crippen LogP contribution in [0.1, 0.15) is 21.7 Å². The van der Waals surface area contributed by atoms with E-state index in [0.717, 1.165) is 11.0 Å². The van der Waals surface area contributed by atoms with Gasteiger partial charge in [0.15, 0.2) is 0 Å². The fourth-order valence-corrected chi connectivity index (χ4v) is 2.15. The third-order valence-corrected chi connectivity index (χ3v) is 3.31. The van der Waals surface area contributed by atoms with E-state index in [1.54, 1.807) is 19.1 Å². The third-order valence-electron chi connectivity index (χ3n) is 3.31. The average Bonchev–Trinajstić information content (AvgIpc) is 2.90. The Morgan fingerprint density at radius 2 is 2.10 bits per heavy atom. The summed E-state index contributed by atoms with van der Waals surface area (Å²) in [5.74, 6) is 0.697. The van der Waals surface area contributed by atoms with Crippen molar-refractivity contribution in [3.63, 3.8) is 0 Å². The molecule has 1 aromatic heterocycles. The number of imidazole rings is 1. The normalized spacial score (nSPS) is 10.7. The van der Waals surface area contributed by atoms with Crippen molar-refractivity contribution in [2.24, 2.45) is 0 Å². The molecule has 0 saturated heterocycles. The molecule has 0 fully saturated rings. The zero-order chi connectivity index (χ0) is 14.8. The Kier molecular flexibility index (Phi) is 3.31. The molecule has 2 aromatic carbocycles. The predicted octanol–water partition coefficient (Wildman–Crippen LogP) is 2.51. The molecule has 0 aliphatic heterocycles. The standard InChI is InChI=1S/C16H15N3O2/c1-10-8-11(6-7-14(10)20)16(21)17-9-15-18-12-4-2-3-5-13(12)19-15/h2-8,20H,9H2,1H3,(H,17,21)(H,18,19). The minimum atomic E-state index is -0.196. The van der Waals surface area contributed by atoms with Gasteiger partial charge in [0, 0.05) is 5.56 Å². The number of aromatic hydroxyl groups is 1. The van der Waals surface area contributed by atoms with Crippen molar-refractivity contribution in [2.45, 2.75) is 13.5 Å². The van der Waals surface area contributed by atoms with Gasteiger partial charge in [-0.1, -0.05) is 12.1 Å². The first-order valence-corrected chi connectivity index (χ1v) is 6.65. The molecule has 0 radical (unpaired) electrons. The van der Waals surface area contributed by atoms with Crippen LogP contribution in [0.3, 0.4) is 0 Å². The number of hydrogen-bond donors (Lipinski definition) is 3. The molecule has 0 aliphatic carbocycles. The Balaban J connectivity index is 1.71. The fraction of sp³-hybridized carbons (Fsp3) is 0.125. The predicted molar refractivity (Wildman–Crippen MR) is 80.1 cm³/mol. The molecule has 5 nitrogen and oxygen atoms in total. The molecule has 0 atom stereocenters. The van der Waals surface area contributed by atoms with Crippen LogP contribution in [0.5, 0.6) is 5.75 Å². The lowest BCUT2D eigenvalue weighted by Crippen LogP contribution is -2.23. The van der Waals surface area contributed by atoms with E-state index in [4.69, 9.17) is 0 Å². The van der Waals surface area contributed by atoms with Gasteiger partial charge in [-0.15, -0.1) is 0 Å². The van der Waals surface area contributed by atoms with Crippen molar-refractivity contribution < 1.29 is 9.90 Å². The second-order valence-corrected chi connectivity index (χ2v) is 4.88. The monoisotopic (exact) mass is 281 g/mol. The van der Waals surface area contributed by atoms with Crippen LogP contribution < -0.4 is 5.32 Å². The summed E-state index contributed by atoms with van der Waals surface area (Å²) < 4.78 is 0. The number of amides is 1. The van der Waals surface area contributed by atoms with E-state index < -0.39 is 0 Å². The second-order valence-electron chi connectivity index (χ2n) is 4.88. The van der Waals surface area contributed by atoms with Crippen LogP contribution in [-0.2, 0) is 6.54 Å². The number of nitrogens with zero attached hydrogens (tertiary/aromatic N) is 1. The summed E-state index contributed by atoms with van der Waals surface area (Å²) in [4.78, 5) is 19.6. The zero-order valence-corrected chi connectivity index (χ0v) is 11.6. The number of hydrogen-bond acceptors (Lipinski definition) is 3. The molecule has 0 aliphatic rings. The number of H-pyrrole nitrogens is 1. The minimum Gasteiger partial charge on any atom is -0.508 e. The van der Waals surface area contributed by atoms with Crippen molar-refractivity contribution in [1.29, 1.82) is 0 Å². The Labute approximate surface area is 121 Å². The summed E-state index contributed by atoms with van der Waals surface area (Å²) in [5.41, 5.74) is 3.01. The summed E-state index contributed by atoms with van der Waals surface area (Å²) in [6, 6.07) is 12.5. The molecule has 1 amide bonds. The van der Waals surface area contributed by atoms with Crippen LogP contribution in [-0.4, -0.2) is 21.0 Å². The first-order valence-electron chi connectivity index (χ1n) is 6.65. The molecule has 1 heterocycles. The van der Waals surface area contributed by atoms with Gasteiger partial charge in [-0.05, 0) is 42.8 Å². The maximum Gasteiger partial charge on any atom is 0.251 e. The molecule has 0 spiro atoms. The Morgan fingerprint density at radius 3 is 2.86 bits per heavy atom. The molecule has 5 heteroatoms. The lowest BCUT2D eigenvalue weighted by Gasteiger charge is -2.05. The highest BCUT2D eigenvalue weighted by molar-refractivity contribution is 5.94. The molecule has 0 saturated carbocycles. The lowest BCUT2D eigenvalue weighted by molar-refractivity contribution is 0.0950. The number of phenolic OH excluding ortho intramolecular Hbond substituents is 1. The zero-order valence-electron chi connectivity index (χ0n) is 11.6. The molecule has 3 aromatic rings. The number of carbonyl (C=O) groups excluding carboxylic acids is 1. The highest BCUT2D eigenvalue weighted by Crippen LogP contribution is 2.17. The van der Waals surface area contributed by atoms with Gasteiger partial charge in [0.05, 0.1) is 17.6 Å². The van der Waals surface area contributed by atoms with Crippen LogP contribution in [0.4, 0.5) is 0 Å². The molecular weight excluding hydrogens is 266 g/mol. The number of carbonyl (C=O) groups is 1. The van der Waals surface area contributed by atoms with Crippen molar-refractivity contribution >= 4 is 16.9 Å². The van der Waals surface area contributed by atoms with E-state index in [1.807, 2.05) is 24.3 Å². The van der Waals surface area contributed by atoms with E-state index in [0.29, 0.717) is 23.5 Å².